The fraction of sp³-hybridized carbons (Fsp3) is 1.00. The van der Waals surface area contributed by atoms with Crippen molar-refractivity contribution in [3.05, 3.63) is 0 Å². The summed E-state index contributed by atoms with van der Waals surface area (Å²) in [5, 5.41) is 33.2. The standard InChI is InChI=1S/C78H153N7O27Si6/c1-61-37-82-38-62(2)98-115(97-61,99-63(3)39-82)33-15-25-91-57-75-51-80-20-29-95-113(109-75,110-76(52-80)58-92-26-16-34-116-100-64(4)40-83(41-65(5)101-116)42-66(6)102-116)31-13-23-89-55-73(87)49-79(19-22-86)50-74(88)56-90-24-14-32-114-96-30-21-81(53-77(111-114)59-93-27-17-35-117-103-67(7)43-84(44-68(8)104-117)45-69(9)105-117)54-78(112-114)60-94-28-18-36-118-106-70(10)46-85(47-71(11)107-118)48-72(12)108-118/h61-78,86-88H,13-60H2,1-12H3. The molecule has 18 aliphatic heterocycles. The summed E-state index contributed by atoms with van der Waals surface area (Å²) in [5.74, 6) is 0. The molecule has 18 unspecified atom stereocenters. The minimum atomic E-state index is -3.43. The van der Waals surface area contributed by atoms with Crippen molar-refractivity contribution in [1.29, 1.82) is 0 Å². The van der Waals surface area contributed by atoms with Gasteiger partial charge in [0, 0.05) is 213 Å². The van der Waals surface area contributed by atoms with E-state index in [4.69, 9.17) is 108 Å². The number of nitrogens with zero attached hydrogens (tertiary/aromatic N) is 7. The van der Waals surface area contributed by atoms with Crippen molar-refractivity contribution in [3.8, 4) is 0 Å². The predicted molar refractivity (Wildman–Crippen MR) is 448 cm³/mol. The minimum absolute atomic E-state index is 0.00916. The Kier molecular flexibility index (Phi) is 38.6. The van der Waals surface area contributed by atoms with Gasteiger partial charge in [0.15, 0.2) is 0 Å². The Hall–Kier alpha value is -0.0587. The molecule has 0 amide bonds. The van der Waals surface area contributed by atoms with Gasteiger partial charge in [-0.15, -0.1) is 0 Å². The van der Waals surface area contributed by atoms with E-state index < -0.39 is 65.0 Å². The Morgan fingerprint density at radius 2 is 0.500 bits per heavy atom. The highest BCUT2D eigenvalue weighted by Gasteiger charge is 2.56. The maximum absolute atomic E-state index is 11.5. The summed E-state index contributed by atoms with van der Waals surface area (Å²) in [6.07, 6.45) is 0.944. The molecule has 18 aliphatic rings. The molecule has 3 N–H and O–H groups in total. The van der Waals surface area contributed by atoms with Gasteiger partial charge in [-0.25, -0.2) is 0 Å². The normalized spacial score (nSPS) is 42.6. The molecule has 18 fully saturated rings. The van der Waals surface area contributed by atoms with Crippen LogP contribution < -0.4 is 0 Å². The van der Waals surface area contributed by atoms with Crippen LogP contribution in [-0.2, 0) is 108 Å². The van der Waals surface area contributed by atoms with E-state index in [0.717, 1.165) is 78.5 Å². The van der Waals surface area contributed by atoms with Crippen LogP contribution in [-0.4, -0.2) is 449 Å². The summed E-state index contributed by atoms with van der Waals surface area (Å²) in [6.45, 7) is 44.9. The van der Waals surface area contributed by atoms with Crippen molar-refractivity contribution in [2.75, 3.05) is 237 Å². The van der Waals surface area contributed by atoms with E-state index in [-0.39, 0.29) is 137 Å². The van der Waals surface area contributed by atoms with Crippen molar-refractivity contribution in [2.24, 2.45) is 0 Å². The molecule has 0 spiro atoms. The molecule has 34 nitrogen and oxygen atoms in total. The highest BCUT2D eigenvalue weighted by Crippen LogP contribution is 2.37. The van der Waals surface area contributed by atoms with Crippen molar-refractivity contribution >= 4 is 52.8 Å². The van der Waals surface area contributed by atoms with Crippen LogP contribution in [0.5, 0.6) is 0 Å². The lowest BCUT2D eigenvalue weighted by Crippen LogP contribution is -2.62. The molecule has 18 atom stereocenters. The predicted octanol–water partition coefficient (Wildman–Crippen LogP) is 3.49. The van der Waals surface area contributed by atoms with Crippen LogP contribution in [0.15, 0.2) is 0 Å². The lowest BCUT2D eigenvalue weighted by molar-refractivity contribution is -0.102. The first-order valence-corrected chi connectivity index (χ1v) is 56.9. The average Bonchev–Trinajstić information content (AvgIpc) is 0.828. The van der Waals surface area contributed by atoms with Crippen LogP contribution >= 0.6 is 0 Å². The highest BCUT2D eigenvalue weighted by molar-refractivity contribution is 6.63. The number of ether oxygens (including phenoxy) is 6. The molecule has 18 rings (SSSR count). The van der Waals surface area contributed by atoms with E-state index in [9.17, 15) is 15.3 Å². The Labute approximate surface area is 711 Å². The molecule has 12 bridgehead atoms. The summed E-state index contributed by atoms with van der Waals surface area (Å²) in [6, 6.07) is 3.61. The van der Waals surface area contributed by atoms with E-state index in [2.05, 4.69) is 112 Å². The van der Waals surface area contributed by atoms with Gasteiger partial charge in [-0.05, 0) is 122 Å². The molecule has 0 radical (unpaired) electrons. The number of hydrogen-bond donors (Lipinski definition) is 3. The molecule has 18 saturated heterocycles. The summed E-state index contributed by atoms with van der Waals surface area (Å²) < 4.78 is 160. The summed E-state index contributed by atoms with van der Waals surface area (Å²) in [4.78, 5) is 16.0. The van der Waals surface area contributed by atoms with Crippen molar-refractivity contribution < 1.29 is 123 Å². The SMILES string of the molecule is CC1CN2CC(C)O[Si](CCCOCC3CN4CCO[Si](CCCOCC(O)CN(CCO)CC(O)COCCC[Si]56OCCN(CC(COCCC[Si]78OC(C)CN(CC(C)O7)CC(C)O8)O5)CC(COCCC[Si]57OC(C)CN(CC(C)O5)CC(C)O7)O6)(O3)OC(COCCC[Si]35OC(C)CN(CC(C)O3)CC(C)O5)C4)(O1)OC(C)C2. The molecule has 0 aliphatic carbocycles. The van der Waals surface area contributed by atoms with E-state index in [0.29, 0.717) is 193 Å². The van der Waals surface area contributed by atoms with Crippen LogP contribution in [0, 0.1) is 0 Å². The molecule has 0 aromatic rings. The number of fused-ring (bicyclic) bond motifs is 36. The Bertz CT molecular complexity index is 2430. The number of hydrogen-bond acceptors (Lipinski definition) is 34. The molecule has 18 heterocycles. The van der Waals surface area contributed by atoms with Gasteiger partial charge in [0.05, 0.1) is 169 Å². The van der Waals surface area contributed by atoms with Gasteiger partial charge >= 0.3 is 52.8 Å². The first-order valence-electron chi connectivity index (χ1n) is 45.3. The van der Waals surface area contributed by atoms with Crippen LogP contribution in [0.1, 0.15) is 122 Å². The van der Waals surface area contributed by atoms with Gasteiger partial charge in [-0.2, -0.15) is 0 Å². The zero-order valence-corrected chi connectivity index (χ0v) is 79.6. The van der Waals surface area contributed by atoms with Crippen LogP contribution in [0.2, 0.25) is 36.3 Å². The third kappa shape index (κ3) is 30.8. The second-order valence-corrected chi connectivity index (χ2v) is 51.7. The zero-order chi connectivity index (χ0) is 83.3. The maximum atomic E-state index is 11.5. The Morgan fingerprint density at radius 3 is 0.720 bits per heavy atom. The fourth-order valence-electron chi connectivity index (χ4n) is 19.6. The molecule has 118 heavy (non-hydrogen) atoms. The second kappa shape index (κ2) is 47.0. The zero-order valence-electron chi connectivity index (χ0n) is 73.6. The van der Waals surface area contributed by atoms with Crippen molar-refractivity contribution in [2.45, 2.75) is 268 Å². The van der Waals surface area contributed by atoms with E-state index in [1.165, 1.54) is 0 Å². The average molecular weight is 1790 g/mol. The lowest BCUT2D eigenvalue weighted by atomic mass is 10.2. The quantitative estimate of drug-likeness (QED) is 0.0582. The number of aliphatic hydroxyl groups excluding tert-OH is 3. The van der Waals surface area contributed by atoms with Gasteiger partial charge in [0.25, 0.3) is 0 Å². The lowest BCUT2D eigenvalue weighted by Gasteiger charge is -2.45. The van der Waals surface area contributed by atoms with Crippen molar-refractivity contribution in [1.82, 2.24) is 34.3 Å². The molecular formula is C78H153N7O27Si6. The minimum Gasteiger partial charge on any atom is -0.395 e. The third-order valence-electron chi connectivity index (χ3n) is 23.3. The topological polar surface area (TPSA) is 305 Å². The van der Waals surface area contributed by atoms with E-state index >= 15 is 0 Å². The molecule has 686 valence electrons. The second-order valence-electron chi connectivity index (χ2n) is 36.2. The van der Waals surface area contributed by atoms with E-state index in [1.807, 2.05) is 4.90 Å². The number of rotatable bonds is 42. The molecular weight excluding hydrogens is 1640 g/mol. The van der Waals surface area contributed by atoms with Gasteiger partial charge in [0.1, 0.15) is 0 Å². The summed E-state index contributed by atoms with van der Waals surface area (Å²) in [5.41, 5.74) is 0. The third-order valence-corrected chi connectivity index (χ3v) is 42.3. The maximum Gasteiger partial charge on any atom is 0.501 e. The van der Waals surface area contributed by atoms with Gasteiger partial charge < -0.3 is 123 Å². The Morgan fingerprint density at radius 1 is 0.288 bits per heavy atom. The largest absolute Gasteiger partial charge is 0.501 e. The molecule has 0 saturated carbocycles. The van der Waals surface area contributed by atoms with E-state index in [1.54, 1.807) is 0 Å². The summed E-state index contributed by atoms with van der Waals surface area (Å²) >= 11 is 0. The van der Waals surface area contributed by atoms with Gasteiger partial charge in [0.2, 0.25) is 0 Å². The molecule has 0 aromatic heterocycles. The van der Waals surface area contributed by atoms with Gasteiger partial charge in [-0.1, -0.05) is 0 Å². The van der Waals surface area contributed by atoms with Gasteiger partial charge in [-0.3, -0.25) is 34.3 Å². The summed E-state index contributed by atoms with van der Waals surface area (Å²) in [7, 11) is -18.8. The molecule has 0 aromatic carbocycles. The van der Waals surface area contributed by atoms with Crippen LogP contribution in [0.25, 0.3) is 0 Å². The molecule has 40 heteroatoms. The van der Waals surface area contributed by atoms with Crippen molar-refractivity contribution in [3.63, 3.8) is 0 Å². The number of aliphatic hydroxyl groups is 3. The smallest absolute Gasteiger partial charge is 0.395 e. The Balaban J connectivity index is 0.610. The fourth-order valence-corrected chi connectivity index (χ4v) is 37.9. The van der Waals surface area contributed by atoms with Crippen LogP contribution in [0.4, 0.5) is 0 Å². The van der Waals surface area contributed by atoms with Crippen LogP contribution in [0.3, 0.4) is 0 Å². The highest BCUT2D eigenvalue weighted by atomic mass is 28.4. The first kappa shape index (κ1) is 97.0. The first-order chi connectivity index (χ1) is 56.7. The monoisotopic (exact) mass is 1790 g/mol.